The summed E-state index contributed by atoms with van der Waals surface area (Å²) in [5.74, 6) is 0.620. The summed E-state index contributed by atoms with van der Waals surface area (Å²) in [6, 6.07) is 9.24. The summed E-state index contributed by atoms with van der Waals surface area (Å²) < 4.78 is 0. The number of piperidine rings is 1. The first kappa shape index (κ1) is 21.6. The zero-order chi connectivity index (χ0) is 23.2. The van der Waals surface area contributed by atoms with Crippen molar-refractivity contribution < 1.29 is 9.59 Å². The van der Waals surface area contributed by atoms with Gasteiger partial charge in [0.1, 0.15) is 29.9 Å². The van der Waals surface area contributed by atoms with E-state index in [1.165, 1.54) is 5.56 Å². The molecule has 5 rings (SSSR count). The Hall–Kier alpha value is -3.26. The Labute approximate surface area is 193 Å². The van der Waals surface area contributed by atoms with E-state index in [0.29, 0.717) is 5.92 Å². The largest absolute Gasteiger partial charge is 0.373 e. The van der Waals surface area contributed by atoms with E-state index in [4.69, 9.17) is 0 Å². The van der Waals surface area contributed by atoms with Crippen LogP contribution in [0, 0.1) is 0 Å². The molecule has 0 amide bonds. The summed E-state index contributed by atoms with van der Waals surface area (Å²) in [7, 11) is 0. The lowest BCUT2D eigenvalue weighted by molar-refractivity contribution is -0.146. The number of hydrogen-bond donors (Lipinski definition) is 3. The lowest BCUT2D eigenvalue weighted by Gasteiger charge is -2.39. The highest BCUT2D eigenvalue weighted by Crippen LogP contribution is 2.33. The molecule has 3 N–H and O–H groups in total. The van der Waals surface area contributed by atoms with Crippen LogP contribution in [0.1, 0.15) is 45.1 Å². The lowest BCUT2D eigenvalue weighted by Crippen LogP contribution is -2.69. The van der Waals surface area contributed by atoms with Gasteiger partial charge >= 0.3 is 0 Å². The molecule has 2 fully saturated rings. The van der Waals surface area contributed by atoms with Gasteiger partial charge in [-0.15, -0.1) is 0 Å². The van der Waals surface area contributed by atoms with Crippen LogP contribution in [0.2, 0.25) is 0 Å². The normalized spacial score (nSPS) is 23.6. The third-order valence-corrected chi connectivity index (χ3v) is 6.46. The van der Waals surface area contributed by atoms with Crippen LogP contribution >= 0.6 is 0 Å². The summed E-state index contributed by atoms with van der Waals surface area (Å²) >= 11 is 0. The van der Waals surface area contributed by atoms with E-state index < -0.39 is 12.1 Å². The van der Waals surface area contributed by atoms with E-state index in [2.05, 4.69) is 42.6 Å². The molecule has 33 heavy (non-hydrogen) atoms. The van der Waals surface area contributed by atoms with Gasteiger partial charge in [0, 0.05) is 36.4 Å². The van der Waals surface area contributed by atoms with E-state index in [0.717, 1.165) is 48.5 Å². The number of Topliss-reactive ketones (excluding diaryl/α,β-unsaturated/α-hetero) is 2. The number of carbonyl (C=O) groups is 2. The zero-order valence-electron chi connectivity index (χ0n) is 19.3. The van der Waals surface area contributed by atoms with Crippen molar-refractivity contribution in [1.29, 1.82) is 0 Å². The van der Waals surface area contributed by atoms with Crippen molar-refractivity contribution in [1.82, 2.24) is 20.3 Å². The van der Waals surface area contributed by atoms with Crippen LogP contribution in [0.25, 0.3) is 11.0 Å². The van der Waals surface area contributed by atoms with Crippen molar-refractivity contribution in [3.63, 3.8) is 0 Å². The molecule has 2 aromatic heterocycles. The molecule has 1 saturated carbocycles. The lowest BCUT2D eigenvalue weighted by atomic mass is 9.81. The summed E-state index contributed by atoms with van der Waals surface area (Å²) in [5.41, 5.74) is 2.69. The van der Waals surface area contributed by atoms with Crippen molar-refractivity contribution in [3.8, 4) is 0 Å². The fraction of sp³-hybridized carbons (Fsp3) is 0.440. The SMILES string of the molecule is CC(C)(C)NC1C(=O)C(=O)C1Nc1cccc(C2CCCN(c3ncnc4[nH]ccc34)C2)c1. The van der Waals surface area contributed by atoms with E-state index in [-0.39, 0.29) is 17.1 Å². The molecule has 2 aliphatic rings. The van der Waals surface area contributed by atoms with Crippen LogP contribution in [0.4, 0.5) is 11.5 Å². The third-order valence-electron chi connectivity index (χ3n) is 6.46. The molecule has 3 unspecified atom stereocenters. The van der Waals surface area contributed by atoms with Gasteiger partial charge < -0.3 is 20.5 Å². The van der Waals surface area contributed by atoms with Gasteiger partial charge in [0.2, 0.25) is 11.6 Å². The Morgan fingerprint density at radius 2 is 1.91 bits per heavy atom. The monoisotopic (exact) mass is 446 g/mol. The Balaban J connectivity index is 1.32. The van der Waals surface area contributed by atoms with Crippen LogP contribution < -0.4 is 15.5 Å². The highest BCUT2D eigenvalue weighted by Gasteiger charge is 2.50. The first-order valence-corrected chi connectivity index (χ1v) is 11.6. The second-order valence-corrected chi connectivity index (χ2v) is 10.1. The minimum Gasteiger partial charge on any atom is -0.373 e. The summed E-state index contributed by atoms with van der Waals surface area (Å²) in [4.78, 5) is 38.8. The maximum Gasteiger partial charge on any atom is 0.224 e. The Kier molecular flexibility index (Phi) is 5.40. The Morgan fingerprint density at radius 1 is 1.09 bits per heavy atom. The topological polar surface area (TPSA) is 103 Å². The number of rotatable bonds is 5. The predicted octanol–water partition coefficient (Wildman–Crippen LogP) is 3.03. The van der Waals surface area contributed by atoms with Crippen molar-refractivity contribution in [2.45, 2.75) is 57.2 Å². The maximum atomic E-state index is 12.3. The molecular formula is C25H30N6O2. The van der Waals surface area contributed by atoms with E-state index >= 15 is 0 Å². The number of ketones is 2. The van der Waals surface area contributed by atoms with Crippen LogP contribution in [-0.4, -0.2) is 57.2 Å². The van der Waals surface area contributed by atoms with E-state index in [1.54, 1.807) is 6.33 Å². The molecule has 1 aliphatic heterocycles. The summed E-state index contributed by atoms with van der Waals surface area (Å²) in [6.07, 6.45) is 5.68. The molecule has 3 atom stereocenters. The van der Waals surface area contributed by atoms with Gasteiger partial charge in [0.05, 0.1) is 5.39 Å². The molecule has 3 heterocycles. The molecule has 1 aromatic carbocycles. The van der Waals surface area contributed by atoms with Gasteiger partial charge in [-0.1, -0.05) is 12.1 Å². The minimum atomic E-state index is -0.530. The second-order valence-electron chi connectivity index (χ2n) is 10.1. The van der Waals surface area contributed by atoms with Crippen molar-refractivity contribution in [2.24, 2.45) is 0 Å². The van der Waals surface area contributed by atoms with Crippen molar-refractivity contribution in [2.75, 3.05) is 23.3 Å². The molecule has 3 aromatic rings. The van der Waals surface area contributed by atoms with Gasteiger partial charge in [0.15, 0.2) is 0 Å². The van der Waals surface area contributed by atoms with Gasteiger partial charge in [-0.05, 0) is 57.4 Å². The number of hydrogen-bond acceptors (Lipinski definition) is 7. The molecule has 8 heteroatoms. The number of nitrogens with one attached hydrogen (secondary N) is 3. The maximum absolute atomic E-state index is 12.3. The molecular weight excluding hydrogens is 416 g/mol. The number of nitrogens with zero attached hydrogens (tertiary/aromatic N) is 3. The van der Waals surface area contributed by atoms with Crippen LogP contribution in [0.5, 0.6) is 0 Å². The van der Waals surface area contributed by atoms with Gasteiger partial charge in [0.25, 0.3) is 0 Å². The molecule has 0 bridgehead atoms. The molecule has 1 aliphatic carbocycles. The average Bonchev–Trinajstić information content (AvgIpc) is 3.30. The summed E-state index contributed by atoms with van der Waals surface area (Å²) in [5, 5.41) is 7.61. The van der Waals surface area contributed by atoms with Gasteiger partial charge in [-0.2, -0.15) is 0 Å². The van der Waals surface area contributed by atoms with Crippen LogP contribution in [-0.2, 0) is 9.59 Å². The highest BCUT2D eigenvalue weighted by molar-refractivity contribution is 6.49. The van der Waals surface area contributed by atoms with Crippen molar-refractivity contribution >= 4 is 34.1 Å². The zero-order valence-corrected chi connectivity index (χ0v) is 19.3. The predicted molar refractivity (Wildman–Crippen MR) is 129 cm³/mol. The third kappa shape index (κ3) is 4.23. The van der Waals surface area contributed by atoms with E-state index in [9.17, 15) is 9.59 Å². The van der Waals surface area contributed by atoms with Crippen LogP contribution in [0.15, 0.2) is 42.9 Å². The molecule has 172 valence electrons. The standard InChI is InChI=1S/C25H30N6O2/c1-25(2,3)30-20-19(21(32)22(20)33)29-17-8-4-6-15(12-17)16-7-5-11-31(13-16)24-18-9-10-26-23(18)27-14-28-24/h4,6,8-10,12,14,16,19-20,29-30H,5,7,11,13H2,1-3H3,(H,26,27,28). The van der Waals surface area contributed by atoms with Gasteiger partial charge in [-0.25, -0.2) is 9.97 Å². The van der Waals surface area contributed by atoms with Gasteiger partial charge in [-0.3, -0.25) is 9.59 Å². The first-order valence-electron chi connectivity index (χ1n) is 11.6. The van der Waals surface area contributed by atoms with Crippen molar-refractivity contribution in [3.05, 3.63) is 48.4 Å². The molecule has 1 saturated heterocycles. The van der Waals surface area contributed by atoms with E-state index in [1.807, 2.05) is 45.2 Å². The quantitative estimate of drug-likeness (QED) is 0.518. The number of aromatic amines is 1. The average molecular weight is 447 g/mol. The number of H-pyrrole nitrogens is 1. The number of fused-ring (bicyclic) bond motifs is 1. The minimum absolute atomic E-state index is 0.250. The number of anilines is 2. The number of aromatic nitrogens is 3. The molecule has 8 nitrogen and oxygen atoms in total. The summed E-state index contributed by atoms with van der Waals surface area (Å²) in [6.45, 7) is 7.82. The fourth-order valence-electron chi connectivity index (χ4n) is 4.89. The molecule has 0 spiro atoms. The second kappa shape index (κ2) is 8.26. The Morgan fingerprint density at radius 3 is 2.73 bits per heavy atom. The fourth-order valence-corrected chi connectivity index (χ4v) is 4.89. The smallest absolute Gasteiger partial charge is 0.224 e. The first-order chi connectivity index (χ1) is 15.8. The Bertz CT molecular complexity index is 1200. The number of carbonyl (C=O) groups excluding carboxylic acids is 2. The number of benzene rings is 1. The molecule has 0 radical (unpaired) electrons. The highest BCUT2D eigenvalue weighted by atomic mass is 16.2. The van der Waals surface area contributed by atoms with Crippen LogP contribution in [0.3, 0.4) is 0 Å².